The largest absolute Gasteiger partial charge is 0.460 e. The van der Waals surface area contributed by atoms with Crippen molar-refractivity contribution in [1.82, 2.24) is 5.32 Å². The first-order valence-corrected chi connectivity index (χ1v) is 9.79. The molecule has 0 saturated heterocycles. The van der Waals surface area contributed by atoms with Crippen LogP contribution in [0.4, 0.5) is 0 Å². The van der Waals surface area contributed by atoms with Crippen LogP contribution in [0, 0.1) is 5.92 Å². The van der Waals surface area contributed by atoms with E-state index in [1.807, 2.05) is 42.9 Å². The minimum atomic E-state index is -0.406. The van der Waals surface area contributed by atoms with Crippen molar-refractivity contribution in [2.45, 2.75) is 46.1 Å². The molecule has 0 spiro atoms. The molecule has 5 heteroatoms. The van der Waals surface area contributed by atoms with Crippen molar-refractivity contribution in [3.05, 3.63) is 65.5 Å². The maximum absolute atomic E-state index is 12.4. The van der Waals surface area contributed by atoms with Crippen LogP contribution in [0.3, 0.4) is 0 Å². The maximum Gasteiger partial charge on any atom is 0.313 e. The summed E-state index contributed by atoms with van der Waals surface area (Å²) in [6.07, 6.45) is 4.22. The number of carbonyl (C=O) groups excluding carboxylic acids is 2. The number of ether oxygens (including phenoxy) is 1. The number of nitrogens with one attached hydrogen (secondary N) is 1. The van der Waals surface area contributed by atoms with Gasteiger partial charge in [0.2, 0.25) is 0 Å². The van der Waals surface area contributed by atoms with Gasteiger partial charge in [0.15, 0.2) is 12.4 Å². The van der Waals surface area contributed by atoms with Crippen LogP contribution in [0.25, 0.3) is 0 Å². The predicted octanol–water partition coefficient (Wildman–Crippen LogP) is 3.17. The van der Waals surface area contributed by atoms with Crippen LogP contribution in [-0.2, 0) is 23.0 Å². The number of amides is 1. The van der Waals surface area contributed by atoms with Crippen molar-refractivity contribution in [1.29, 1.82) is 0 Å². The van der Waals surface area contributed by atoms with E-state index in [2.05, 4.69) is 31.3 Å². The van der Waals surface area contributed by atoms with E-state index >= 15 is 0 Å². The van der Waals surface area contributed by atoms with Gasteiger partial charge < -0.3 is 10.1 Å². The van der Waals surface area contributed by atoms with E-state index in [0.717, 1.165) is 12.0 Å². The van der Waals surface area contributed by atoms with Gasteiger partial charge in [0, 0.05) is 6.07 Å². The molecule has 2 unspecified atom stereocenters. The van der Waals surface area contributed by atoms with Gasteiger partial charge in [0.1, 0.15) is 18.7 Å². The fourth-order valence-electron chi connectivity index (χ4n) is 2.95. The summed E-state index contributed by atoms with van der Waals surface area (Å²) in [5.41, 5.74) is 2.77. The predicted molar refractivity (Wildman–Crippen MR) is 109 cm³/mol. The minimum absolute atomic E-state index is 0.187. The van der Waals surface area contributed by atoms with Gasteiger partial charge in [-0.05, 0) is 43.4 Å². The molecule has 1 heterocycles. The highest BCUT2D eigenvalue weighted by Crippen LogP contribution is 2.19. The van der Waals surface area contributed by atoms with E-state index in [1.165, 1.54) is 5.56 Å². The number of pyridine rings is 1. The highest BCUT2D eigenvalue weighted by atomic mass is 16.5. The van der Waals surface area contributed by atoms with Crippen LogP contribution in [-0.4, -0.2) is 24.5 Å². The van der Waals surface area contributed by atoms with Crippen LogP contribution in [0.2, 0.25) is 0 Å². The first-order chi connectivity index (χ1) is 13.3. The summed E-state index contributed by atoms with van der Waals surface area (Å²) in [5.74, 6) is -0.223. The topological polar surface area (TPSA) is 59.3 Å². The number of benzene rings is 1. The van der Waals surface area contributed by atoms with Crippen LogP contribution in [0.15, 0.2) is 48.8 Å². The summed E-state index contributed by atoms with van der Waals surface area (Å²) in [4.78, 5) is 24.6. The molecule has 0 aliphatic heterocycles. The molecule has 2 rings (SSSR count). The second-order valence-corrected chi connectivity index (χ2v) is 7.78. The smallest absolute Gasteiger partial charge is 0.313 e. The SMILES string of the molecule is CC(C)Cc1ccc(C(C)C(=O)OC(C)CNC(=O)c2ccc[n+](C)c2)cc1. The highest BCUT2D eigenvalue weighted by Gasteiger charge is 2.20. The summed E-state index contributed by atoms with van der Waals surface area (Å²) in [5, 5.41) is 2.81. The highest BCUT2D eigenvalue weighted by molar-refractivity contribution is 5.93. The number of rotatable bonds is 8. The van der Waals surface area contributed by atoms with Crippen LogP contribution < -0.4 is 9.88 Å². The lowest BCUT2D eigenvalue weighted by molar-refractivity contribution is -0.671. The van der Waals surface area contributed by atoms with E-state index in [1.54, 1.807) is 19.2 Å². The number of aryl methyl sites for hydroxylation is 1. The third kappa shape index (κ3) is 6.48. The molecule has 0 aliphatic carbocycles. The van der Waals surface area contributed by atoms with Crippen molar-refractivity contribution in [3.63, 3.8) is 0 Å². The lowest BCUT2D eigenvalue weighted by Gasteiger charge is -2.18. The molecule has 28 heavy (non-hydrogen) atoms. The Labute approximate surface area is 167 Å². The van der Waals surface area contributed by atoms with Gasteiger partial charge in [0.05, 0.1) is 12.5 Å². The molecule has 2 aromatic rings. The second-order valence-electron chi connectivity index (χ2n) is 7.78. The Morgan fingerprint density at radius 1 is 1.07 bits per heavy atom. The third-order valence-electron chi connectivity index (χ3n) is 4.55. The van der Waals surface area contributed by atoms with Crippen LogP contribution in [0.1, 0.15) is 55.1 Å². The Balaban J connectivity index is 1.84. The molecular weight excluding hydrogens is 352 g/mol. The average Bonchev–Trinajstić information content (AvgIpc) is 2.65. The number of carbonyl (C=O) groups is 2. The fourth-order valence-corrected chi connectivity index (χ4v) is 2.95. The summed E-state index contributed by atoms with van der Waals surface area (Å²) < 4.78 is 7.32. The van der Waals surface area contributed by atoms with Gasteiger partial charge in [-0.15, -0.1) is 0 Å². The molecule has 0 fully saturated rings. The number of hydrogen-bond acceptors (Lipinski definition) is 3. The summed E-state index contributed by atoms with van der Waals surface area (Å²) >= 11 is 0. The monoisotopic (exact) mass is 383 g/mol. The van der Waals surface area contributed by atoms with Crippen molar-refractivity contribution in [2.24, 2.45) is 13.0 Å². The third-order valence-corrected chi connectivity index (χ3v) is 4.55. The number of nitrogens with zero attached hydrogens (tertiary/aromatic N) is 1. The summed E-state index contributed by atoms with van der Waals surface area (Å²) in [7, 11) is 1.86. The van der Waals surface area contributed by atoms with Gasteiger partial charge >= 0.3 is 5.97 Å². The zero-order chi connectivity index (χ0) is 20.7. The normalized spacial score (nSPS) is 13.1. The maximum atomic E-state index is 12.4. The minimum Gasteiger partial charge on any atom is -0.460 e. The van der Waals surface area contributed by atoms with E-state index in [9.17, 15) is 9.59 Å². The Morgan fingerprint density at radius 3 is 2.36 bits per heavy atom. The molecule has 1 aromatic carbocycles. The molecule has 150 valence electrons. The molecule has 5 nitrogen and oxygen atoms in total. The Kier molecular flexibility index (Phi) is 7.73. The van der Waals surface area contributed by atoms with Crippen LogP contribution in [0.5, 0.6) is 0 Å². The lowest BCUT2D eigenvalue weighted by atomic mass is 9.97. The zero-order valence-electron chi connectivity index (χ0n) is 17.4. The van der Waals surface area contributed by atoms with Crippen molar-refractivity contribution in [2.75, 3.05) is 6.54 Å². The second kappa shape index (κ2) is 10.0. The molecule has 0 bridgehead atoms. The van der Waals surface area contributed by atoms with Crippen LogP contribution >= 0.6 is 0 Å². The Morgan fingerprint density at radius 2 is 1.75 bits per heavy atom. The molecule has 0 aliphatic rings. The molecule has 0 saturated carbocycles. The molecule has 1 aromatic heterocycles. The standard InChI is InChI=1S/C23H30N2O3/c1-16(2)13-19-8-10-20(11-9-19)18(4)23(27)28-17(3)14-24-22(26)21-7-6-12-25(5)15-21/h6-12,15-18H,13-14H2,1-5H3/p+1. The number of aromatic nitrogens is 1. The molecular formula is C23H31N2O3+. The van der Waals surface area contributed by atoms with Gasteiger partial charge in [0.25, 0.3) is 5.91 Å². The van der Waals surface area contributed by atoms with E-state index in [0.29, 0.717) is 11.5 Å². The van der Waals surface area contributed by atoms with Crippen molar-refractivity contribution >= 4 is 11.9 Å². The van der Waals surface area contributed by atoms with Gasteiger partial charge in [-0.1, -0.05) is 38.1 Å². The van der Waals surface area contributed by atoms with Gasteiger partial charge in [-0.2, -0.15) is 0 Å². The number of hydrogen-bond donors (Lipinski definition) is 1. The first-order valence-electron chi connectivity index (χ1n) is 9.79. The Bertz CT molecular complexity index is 800. The lowest BCUT2D eigenvalue weighted by Crippen LogP contribution is -2.36. The number of esters is 1. The van der Waals surface area contributed by atoms with Crippen molar-refractivity contribution in [3.8, 4) is 0 Å². The Hall–Kier alpha value is -2.69. The average molecular weight is 384 g/mol. The van der Waals surface area contributed by atoms with Gasteiger partial charge in [-0.25, -0.2) is 4.57 Å². The quantitative estimate of drug-likeness (QED) is 0.563. The molecule has 1 N–H and O–H groups in total. The fraction of sp³-hybridized carbons (Fsp3) is 0.435. The molecule has 2 atom stereocenters. The van der Waals surface area contributed by atoms with Gasteiger partial charge in [-0.3, -0.25) is 9.59 Å². The van der Waals surface area contributed by atoms with E-state index < -0.39 is 6.10 Å². The molecule has 0 radical (unpaired) electrons. The zero-order valence-corrected chi connectivity index (χ0v) is 17.4. The molecule has 1 amide bonds. The summed E-state index contributed by atoms with van der Waals surface area (Å²) in [6, 6.07) is 11.7. The summed E-state index contributed by atoms with van der Waals surface area (Å²) in [6.45, 7) is 8.26. The van der Waals surface area contributed by atoms with Crippen molar-refractivity contribution < 1.29 is 18.9 Å². The van der Waals surface area contributed by atoms with E-state index in [-0.39, 0.29) is 24.3 Å². The first kappa shape index (κ1) is 21.6. The van der Waals surface area contributed by atoms with E-state index in [4.69, 9.17) is 4.74 Å².